The maximum atomic E-state index is 13.4. The van der Waals surface area contributed by atoms with Crippen LogP contribution < -0.4 is 0 Å². The third-order valence-corrected chi connectivity index (χ3v) is 4.68. The molecule has 2 aromatic carbocycles. The van der Waals surface area contributed by atoms with E-state index in [4.69, 9.17) is 10.00 Å². The van der Waals surface area contributed by atoms with Gasteiger partial charge in [0, 0.05) is 6.42 Å². The summed E-state index contributed by atoms with van der Waals surface area (Å²) < 4.78 is 19.2. The lowest BCUT2D eigenvalue weighted by molar-refractivity contribution is -0.840. The number of ether oxygens (including phenoxy) is 1. The van der Waals surface area contributed by atoms with Gasteiger partial charge in [-0.05, 0) is 47.4 Å². The van der Waals surface area contributed by atoms with E-state index in [1.54, 1.807) is 32.3 Å². The topological polar surface area (TPSA) is 56.1 Å². The summed E-state index contributed by atoms with van der Waals surface area (Å²) in [6.07, 6.45) is 1.30. The van der Waals surface area contributed by atoms with Crippen molar-refractivity contribution in [1.29, 1.82) is 5.26 Å². The molecule has 0 saturated carbocycles. The average Bonchev–Trinajstić information content (AvgIpc) is 2.93. The second-order valence-electron chi connectivity index (χ2n) is 7.01. The van der Waals surface area contributed by atoms with Crippen molar-refractivity contribution in [2.24, 2.45) is 0 Å². The molecule has 1 heterocycles. The molecule has 0 radical (unpaired) electrons. The predicted molar refractivity (Wildman–Crippen MR) is 100.0 cm³/mol. The van der Waals surface area contributed by atoms with Crippen molar-refractivity contribution in [2.45, 2.75) is 25.0 Å². The number of nitrogens with zero attached hydrogens (tertiary/aromatic N) is 2. The minimum Gasteiger partial charge on any atom is -0.633 e. The second-order valence-corrected chi connectivity index (χ2v) is 7.01. The monoisotopic (exact) mass is 376 g/mol. The fraction of sp³-hybridized carbons (Fsp3) is 0.350. The Morgan fingerprint density at radius 3 is 2.54 bits per heavy atom. The molecule has 0 amide bonds. The molecule has 3 rings (SSSR count). The van der Waals surface area contributed by atoms with Crippen molar-refractivity contribution >= 4 is 12.4 Å². The Kier molecular flexibility index (Phi) is 6.05. The number of halogens is 2. The van der Waals surface area contributed by atoms with Crippen LogP contribution in [-0.4, -0.2) is 25.3 Å². The Hall–Kier alpha value is -1.97. The largest absolute Gasteiger partial charge is 0.633 e. The molecule has 0 aliphatic carbocycles. The van der Waals surface area contributed by atoms with Gasteiger partial charge in [0.25, 0.3) is 0 Å². The molecule has 26 heavy (non-hydrogen) atoms. The Morgan fingerprint density at radius 2 is 1.92 bits per heavy atom. The van der Waals surface area contributed by atoms with Crippen LogP contribution in [0.15, 0.2) is 42.5 Å². The highest BCUT2D eigenvalue weighted by Crippen LogP contribution is 2.45. The van der Waals surface area contributed by atoms with Crippen LogP contribution in [0.1, 0.15) is 35.1 Å². The third kappa shape index (κ3) is 4.05. The lowest BCUT2D eigenvalue weighted by Crippen LogP contribution is -2.35. The number of benzene rings is 2. The normalized spacial score (nSPS) is 18.7. The van der Waals surface area contributed by atoms with Gasteiger partial charge in [0.2, 0.25) is 0 Å². The summed E-state index contributed by atoms with van der Waals surface area (Å²) >= 11 is 0. The number of hydroxylamine groups is 3. The molecule has 138 valence electrons. The van der Waals surface area contributed by atoms with E-state index >= 15 is 0 Å². The van der Waals surface area contributed by atoms with Gasteiger partial charge in [-0.3, -0.25) is 0 Å². The predicted octanol–water partition coefficient (Wildman–Crippen LogP) is 4.25. The van der Waals surface area contributed by atoms with Gasteiger partial charge in [0.15, 0.2) is 0 Å². The number of hydrogen-bond acceptors (Lipinski definition) is 3. The zero-order valence-electron chi connectivity index (χ0n) is 14.9. The molecule has 0 saturated heterocycles. The van der Waals surface area contributed by atoms with E-state index in [0.29, 0.717) is 31.6 Å². The van der Waals surface area contributed by atoms with Gasteiger partial charge in [-0.2, -0.15) is 5.26 Å². The van der Waals surface area contributed by atoms with Crippen LogP contribution in [-0.2, 0) is 16.9 Å². The molecule has 0 bridgehead atoms. The van der Waals surface area contributed by atoms with E-state index in [1.165, 1.54) is 12.1 Å². The van der Waals surface area contributed by atoms with E-state index in [0.717, 1.165) is 16.7 Å². The molecule has 1 atom stereocenters. The highest BCUT2D eigenvalue weighted by molar-refractivity contribution is 5.85. The van der Waals surface area contributed by atoms with E-state index in [1.807, 2.05) is 12.1 Å². The van der Waals surface area contributed by atoms with Crippen molar-refractivity contribution < 1.29 is 13.8 Å². The van der Waals surface area contributed by atoms with Crippen molar-refractivity contribution in [3.8, 4) is 6.07 Å². The second kappa shape index (κ2) is 7.73. The summed E-state index contributed by atoms with van der Waals surface area (Å²) in [6, 6.07) is 14.0. The van der Waals surface area contributed by atoms with E-state index in [-0.39, 0.29) is 22.9 Å². The molecule has 1 unspecified atom stereocenters. The number of fused-ring (bicyclic) bond motifs is 1. The first-order valence-corrected chi connectivity index (χ1v) is 8.32. The minimum atomic E-state index is -0.702. The molecule has 6 heteroatoms. The minimum absolute atomic E-state index is 0. The summed E-state index contributed by atoms with van der Waals surface area (Å²) in [5.74, 6) is -0.297. The van der Waals surface area contributed by atoms with Gasteiger partial charge in [0.1, 0.15) is 11.4 Å². The van der Waals surface area contributed by atoms with Crippen LogP contribution >= 0.6 is 12.4 Å². The highest BCUT2D eigenvalue weighted by Gasteiger charge is 2.41. The lowest BCUT2D eigenvalue weighted by Gasteiger charge is -2.36. The SMILES string of the molecule is C[N+](C)([O-])CCCC1(c2ccc(F)cc2)OCc2cc(C#N)ccc21.Cl. The molecule has 0 spiro atoms. The Bertz CT molecular complexity index is 812. The average molecular weight is 377 g/mol. The molecule has 1 aliphatic heterocycles. The molecule has 1 aliphatic rings. The number of rotatable bonds is 5. The van der Waals surface area contributed by atoms with Gasteiger partial charge in [-0.15, -0.1) is 12.4 Å². The molecule has 0 aromatic heterocycles. The van der Waals surface area contributed by atoms with E-state index in [9.17, 15) is 9.60 Å². The van der Waals surface area contributed by atoms with Gasteiger partial charge >= 0.3 is 0 Å². The van der Waals surface area contributed by atoms with Crippen LogP contribution in [0.3, 0.4) is 0 Å². The molecule has 0 fully saturated rings. The van der Waals surface area contributed by atoms with E-state index in [2.05, 4.69) is 6.07 Å². The first-order valence-electron chi connectivity index (χ1n) is 8.32. The maximum Gasteiger partial charge on any atom is 0.123 e. The van der Waals surface area contributed by atoms with Crippen molar-refractivity contribution in [2.75, 3.05) is 20.6 Å². The summed E-state index contributed by atoms with van der Waals surface area (Å²) in [5, 5.41) is 21.0. The van der Waals surface area contributed by atoms with Gasteiger partial charge in [-0.25, -0.2) is 4.39 Å². The fourth-order valence-electron chi connectivity index (χ4n) is 3.47. The smallest absolute Gasteiger partial charge is 0.123 e. The van der Waals surface area contributed by atoms with Gasteiger partial charge in [-0.1, -0.05) is 18.2 Å². The van der Waals surface area contributed by atoms with E-state index < -0.39 is 5.60 Å². The highest BCUT2D eigenvalue weighted by atomic mass is 35.5. The number of nitriles is 1. The first-order chi connectivity index (χ1) is 11.8. The van der Waals surface area contributed by atoms with Crippen LogP contribution in [0, 0.1) is 22.4 Å². The van der Waals surface area contributed by atoms with Crippen LogP contribution in [0.4, 0.5) is 4.39 Å². The molecule has 4 nitrogen and oxygen atoms in total. The number of hydrogen-bond donors (Lipinski definition) is 0. The lowest BCUT2D eigenvalue weighted by atomic mass is 9.81. The summed E-state index contributed by atoms with van der Waals surface area (Å²) in [4.78, 5) is 0. The number of quaternary nitrogens is 1. The zero-order valence-corrected chi connectivity index (χ0v) is 15.7. The molecular formula is C20H22ClFN2O2. The maximum absolute atomic E-state index is 13.4. The molecular weight excluding hydrogens is 355 g/mol. The summed E-state index contributed by atoms with van der Waals surface area (Å²) in [5.41, 5.74) is 2.73. The van der Waals surface area contributed by atoms with Crippen LogP contribution in [0.5, 0.6) is 0 Å². The summed E-state index contributed by atoms with van der Waals surface area (Å²) in [6.45, 7) is 0.871. The van der Waals surface area contributed by atoms with Crippen LogP contribution in [0.25, 0.3) is 0 Å². The Morgan fingerprint density at radius 1 is 1.23 bits per heavy atom. The molecule has 2 aromatic rings. The third-order valence-electron chi connectivity index (χ3n) is 4.68. The fourth-order valence-corrected chi connectivity index (χ4v) is 3.47. The summed E-state index contributed by atoms with van der Waals surface area (Å²) in [7, 11) is 3.24. The van der Waals surface area contributed by atoms with Crippen molar-refractivity contribution in [3.63, 3.8) is 0 Å². The van der Waals surface area contributed by atoms with Crippen LogP contribution in [0.2, 0.25) is 0 Å². The van der Waals surface area contributed by atoms with Crippen molar-refractivity contribution in [3.05, 3.63) is 75.7 Å². The quantitative estimate of drug-likeness (QED) is 0.579. The zero-order chi connectivity index (χ0) is 18.1. The Balaban J connectivity index is 0.00000243. The molecule has 0 N–H and O–H groups in total. The van der Waals surface area contributed by atoms with Gasteiger partial charge in [0.05, 0.1) is 38.9 Å². The standard InChI is InChI=1S/C20H21FN2O2.ClH/c1-23(2,24)11-3-10-20(17-5-7-18(21)8-6-17)19-9-4-15(13-22)12-16(19)14-25-20;/h4-9,12H,3,10-11,14H2,1-2H3;1H. The Labute approximate surface area is 159 Å². The van der Waals surface area contributed by atoms with Gasteiger partial charge < -0.3 is 14.6 Å². The van der Waals surface area contributed by atoms with Crippen molar-refractivity contribution in [1.82, 2.24) is 0 Å². The first kappa shape index (κ1) is 20.3.